The molecule has 1 heterocycles. The van der Waals surface area contributed by atoms with Crippen molar-refractivity contribution in [3.05, 3.63) is 58.1 Å². The molecule has 0 aliphatic heterocycles. The summed E-state index contributed by atoms with van der Waals surface area (Å²) in [6, 6.07) is 11.3. The van der Waals surface area contributed by atoms with Gasteiger partial charge in [0, 0.05) is 12.7 Å². The van der Waals surface area contributed by atoms with Gasteiger partial charge in [0.2, 0.25) is 0 Å². The number of para-hydroxylation sites is 2. The Bertz CT molecular complexity index is 811. The molecule has 5 heteroatoms. The van der Waals surface area contributed by atoms with E-state index < -0.39 is 0 Å². The van der Waals surface area contributed by atoms with Gasteiger partial charge in [-0.15, -0.1) is 0 Å². The third-order valence-electron chi connectivity index (χ3n) is 3.58. The van der Waals surface area contributed by atoms with E-state index in [-0.39, 0.29) is 5.82 Å². The van der Waals surface area contributed by atoms with Gasteiger partial charge in [-0.1, -0.05) is 12.1 Å². The summed E-state index contributed by atoms with van der Waals surface area (Å²) < 4.78 is 16.2. The normalized spacial score (nSPS) is 11.0. The molecular weight excluding hydrogens is 333 g/mol. The van der Waals surface area contributed by atoms with Crippen molar-refractivity contribution in [2.45, 2.75) is 13.5 Å². The first-order valence-electron chi connectivity index (χ1n) is 6.66. The van der Waals surface area contributed by atoms with Crippen molar-refractivity contribution in [1.82, 2.24) is 9.55 Å². The second-order valence-electron chi connectivity index (χ2n) is 5.01. The number of aromatic nitrogens is 2. The lowest BCUT2D eigenvalue weighted by Gasteiger charge is -2.10. The van der Waals surface area contributed by atoms with Crippen LogP contribution in [0.4, 0.5) is 10.1 Å². The molecule has 0 saturated heterocycles. The van der Waals surface area contributed by atoms with Crippen molar-refractivity contribution < 1.29 is 4.39 Å². The summed E-state index contributed by atoms with van der Waals surface area (Å²) in [5, 5.41) is 3.25. The SMILES string of the molecule is Cc1cc(Br)c(F)cc1NCc1nc2ccccc2n1C. The first-order valence-corrected chi connectivity index (χ1v) is 7.45. The third kappa shape index (κ3) is 2.65. The van der Waals surface area contributed by atoms with Gasteiger partial charge in [0.05, 0.1) is 22.1 Å². The molecule has 0 amide bonds. The zero-order valence-corrected chi connectivity index (χ0v) is 13.4. The molecular formula is C16H15BrFN3. The molecule has 0 saturated carbocycles. The van der Waals surface area contributed by atoms with Crippen LogP contribution in [0.5, 0.6) is 0 Å². The second-order valence-corrected chi connectivity index (χ2v) is 5.86. The number of benzene rings is 2. The highest BCUT2D eigenvalue weighted by Crippen LogP contribution is 2.24. The summed E-state index contributed by atoms with van der Waals surface area (Å²) in [4.78, 5) is 4.59. The van der Waals surface area contributed by atoms with Crippen LogP contribution >= 0.6 is 15.9 Å². The first-order chi connectivity index (χ1) is 10.1. The van der Waals surface area contributed by atoms with Gasteiger partial charge < -0.3 is 9.88 Å². The van der Waals surface area contributed by atoms with E-state index in [9.17, 15) is 4.39 Å². The Balaban J connectivity index is 1.87. The number of hydrogen-bond acceptors (Lipinski definition) is 2. The summed E-state index contributed by atoms with van der Waals surface area (Å²) >= 11 is 3.19. The van der Waals surface area contributed by atoms with Crippen LogP contribution < -0.4 is 5.32 Å². The topological polar surface area (TPSA) is 29.9 Å². The average molecular weight is 348 g/mol. The van der Waals surface area contributed by atoms with Crippen molar-refractivity contribution in [1.29, 1.82) is 0 Å². The van der Waals surface area contributed by atoms with Crippen LogP contribution in [0, 0.1) is 12.7 Å². The first kappa shape index (κ1) is 14.1. The van der Waals surface area contributed by atoms with Crippen LogP contribution in [0.1, 0.15) is 11.4 Å². The molecule has 0 atom stereocenters. The van der Waals surface area contributed by atoms with Gasteiger partial charge in [-0.25, -0.2) is 9.37 Å². The summed E-state index contributed by atoms with van der Waals surface area (Å²) in [5.74, 6) is 0.645. The molecule has 21 heavy (non-hydrogen) atoms. The Kier molecular flexibility index (Phi) is 3.68. The maximum Gasteiger partial charge on any atom is 0.139 e. The van der Waals surface area contributed by atoms with Gasteiger partial charge in [-0.2, -0.15) is 0 Å². The smallest absolute Gasteiger partial charge is 0.139 e. The van der Waals surface area contributed by atoms with Crippen molar-refractivity contribution >= 4 is 32.7 Å². The standard InChI is InChI=1S/C16H15BrFN3/c1-10-7-11(17)12(18)8-14(10)19-9-16-20-13-5-3-4-6-15(13)21(16)2/h3-8,19H,9H2,1-2H3. The van der Waals surface area contributed by atoms with E-state index in [0.29, 0.717) is 11.0 Å². The number of fused-ring (bicyclic) bond motifs is 1. The zero-order valence-electron chi connectivity index (χ0n) is 11.8. The molecule has 108 valence electrons. The van der Waals surface area contributed by atoms with Crippen LogP contribution in [0.25, 0.3) is 11.0 Å². The molecule has 0 radical (unpaired) electrons. The number of halogens is 2. The van der Waals surface area contributed by atoms with E-state index >= 15 is 0 Å². The quantitative estimate of drug-likeness (QED) is 0.761. The monoisotopic (exact) mass is 347 g/mol. The number of anilines is 1. The molecule has 0 spiro atoms. The summed E-state index contributed by atoms with van der Waals surface area (Å²) in [5.41, 5.74) is 3.83. The highest BCUT2D eigenvalue weighted by atomic mass is 79.9. The highest BCUT2D eigenvalue weighted by Gasteiger charge is 2.09. The fraction of sp³-hybridized carbons (Fsp3) is 0.188. The lowest BCUT2D eigenvalue weighted by molar-refractivity contribution is 0.621. The van der Waals surface area contributed by atoms with Crippen molar-refractivity contribution in [3.8, 4) is 0 Å². The number of hydrogen-bond donors (Lipinski definition) is 1. The minimum absolute atomic E-state index is 0.270. The minimum atomic E-state index is -0.270. The maximum atomic E-state index is 13.6. The van der Waals surface area contributed by atoms with Gasteiger partial charge in [0.15, 0.2) is 0 Å². The van der Waals surface area contributed by atoms with E-state index in [0.717, 1.165) is 28.1 Å². The minimum Gasteiger partial charge on any atom is -0.378 e. The molecule has 3 rings (SSSR count). The fourth-order valence-electron chi connectivity index (χ4n) is 2.36. The average Bonchev–Trinajstić information content (AvgIpc) is 2.79. The molecule has 1 N–H and O–H groups in total. The molecule has 0 bridgehead atoms. The van der Waals surface area contributed by atoms with Gasteiger partial charge >= 0.3 is 0 Å². The zero-order chi connectivity index (χ0) is 15.0. The van der Waals surface area contributed by atoms with Crippen molar-refractivity contribution in [2.75, 3.05) is 5.32 Å². The predicted octanol–water partition coefficient (Wildman–Crippen LogP) is 4.40. The number of nitrogens with one attached hydrogen (secondary N) is 1. The number of aryl methyl sites for hydroxylation is 2. The van der Waals surface area contributed by atoms with Crippen LogP contribution in [-0.2, 0) is 13.6 Å². The van der Waals surface area contributed by atoms with E-state index in [4.69, 9.17) is 0 Å². The van der Waals surface area contributed by atoms with Crippen molar-refractivity contribution in [2.24, 2.45) is 7.05 Å². The Morgan fingerprint density at radius 1 is 1.29 bits per heavy atom. The highest BCUT2D eigenvalue weighted by molar-refractivity contribution is 9.10. The van der Waals surface area contributed by atoms with E-state index in [1.165, 1.54) is 6.07 Å². The van der Waals surface area contributed by atoms with Crippen LogP contribution in [0.2, 0.25) is 0 Å². The van der Waals surface area contributed by atoms with Crippen molar-refractivity contribution in [3.63, 3.8) is 0 Å². The Morgan fingerprint density at radius 3 is 2.81 bits per heavy atom. The third-order valence-corrected chi connectivity index (χ3v) is 4.19. The molecule has 3 nitrogen and oxygen atoms in total. The van der Waals surface area contributed by atoms with Gasteiger partial charge in [-0.05, 0) is 52.7 Å². The second kappa shape index (κ2) is 5.48. The predicted molar refractivity (Wildman–Crippen MR) is 86.9 cm³/mol. The van der Waals surface area contributed by atoms with Crippen LogP contribution in [0.15, 0.2) is 40.9 Å². The van der Waals surface area contributed by atoms with E-state index in [1.54, 1.807) is 6.07 Å². The lowest BCUT2D eigenvalue weighted by Crippen LogP contribution is -2.07. The Morgan fingerprint density at radius 2 is 2.05 bits per heavy atom. The molecule has 0 aliphatic rings. The summed E-state index contributed by atoms with van der Waals surface area (Å²) in [6.45, 7) is 2.49. The van der Waals surface area contributed by atoms with Crippen LogP contribution in [0.3, 0.4) is 0 Å². The number of nitrogens with zero attached hydrogens (tertiary/aromatic N) is 2. The van der Waals surface area contributed by atoms with Gasteiger partial charge in [0.1, 0.15) is 11.6 Å². The molecule has 3 aromatic rings. The lowest BCUT2D eigenvalue weighted by atomic mass is 10.2. The van der Waals surface area contributed by atoms with Gasteiger partial charge in [-0.3, -0.25) is 0 Å². The molecule has 1 aromatic heterocycles. The Hall–Kier alpha value is -1.88. The number of imidazole rings is 1. The van der Waals surface area contributed by atoms with Gasteiger partial charge in [0.25, 0.3) is 0 Å². The fourth-order valence-corrected chi connectivity index (χ4v) is 2.82. The van der Waals surface area contributed by atoms with E-state index in [1.807, 2.05) is 42.8 Å². The summed E-state index contributed by atoms with van der Waals surface area (Å²) in [6.07, 6.45) is 0. The Labute approximate surface area is 130 Å². The van der Waals surface area contributed by atoms with Crippen LogP contribution in [-0.4, -0.2) is 9.55 Å². The number of rotatable bonds is 3. The largest absolute Gasteiger partial charge is 0.378 e. The van der Waals surface area contributed by atoms with E-state index in [2.05, 4.69) is 26.2 Å². The maximum absolute atomic E-state index is 13.6. The molecule has 0 aliphatic carbocycles. The summed E-state index contributed by atoms with van der Waals surface area (Å²) in [7, 11) is 1.99. The molecule has 2 aromatic carbocycles. The molecule has 0 unspecified atom stereocenters. The molecule has 0 fully saturated rings.